The summed E-state index contributed by atoms with van der Waals surface area (Å²) in [6.45, 7) is 3.27. The van der Waals surface area contributed by atoms with Gasteiger partial charge in [-0.05, 0) is 25.3 Å². The standard InChI is InChI=1S/C14H26N4O2S/c1-11-3-5-12(6-4-11)7-8-17-21(19,20)14-13(9-15-2)10-16-18-14/h10-12,15,17H,3-9H2,1-2H3,(H,16,18). The molecule has 0 amide bonds. The lowest BCUT2D eigenvalue weighted by Crippen LogP contribution is -2.28. The topological polar surface area (TPSA) is 86.9 Å². The fraction of sp³-hybridized carbons (Fsp3) is 0.786. The second-order valence-corrected chi connectivity index (χ2v) is 7.77. The van der Waals surface area contributed by atoms with Crippen LogP contribution in [0.2, 0.25) is 0 Å². The van der Waals surface area contributed by atoms with Gasteiger partial charge in [0.1, 0.15) is 0 Å². The number of aromatic amines is 1. The van der Waals surface area contributed by atoms with Gasteiger partial charge in [0.25, 0.3) is 10.0 Å². The Bertz CT molecular complexity index is 533. The molecule has 0 spiro atoms. The summed E-state index contributed by atoms with van der Waals surface area (Å²) in [6.07, 6.45) is 7.44. The Hall–Kier alpha value is -0.920. The van der Waals surface area contributed by atoms with E-state index in [-0.39, 0.29) is 5.03 Å². The number of H-pyrrole nitrogens is 1. The molecule has 7 heteroatoms. The Morgan fingerprint density at radius 3 is 2.71 bits per heavy atom. The van der Waals surface area contributed by atoms with Crippen molar-refractivity contribution >= 4 is 10.0 Å². The van der Waals surface area contributed by atoms with Crippen molar-refractivity contribution in [1.29, 1.82) is 0 Å². The second kappa shape index (κ2) is 7.38. The molecule has 1 aromatic heterocycles. The first-order valence-corrected chi connectivity index (χ1v) is 9.17. The van der Waals surface area contributed by atoms with E-state index in [9.17, 15) is 8.42 Å². The highest BCUT2D eigenvalue weighted by atomic mass is 32.2. The molecule has 1 aliphatic rings. The Labute approximate surface area is 127 Å². The zero-order chi connectivity index (χ0) is 15.3. The van der Waals surface area contributed by atoms with Gasteiger partial charge in [-0.1, -0.05) is 32.6 Å². The fourth-order valence-electron chi connectivity index (χ4n) is 2.94. The molecule has 1 saturated carbocycles. The molecular formula is C14H26N4O2S. The summed E-state index contributed by atoms with van der Waals surface area (Å²) in [5, 5.41) is 9.53. The Morgan fingerprint density at radius 2 is 2.05 bits per heavy atom. The van der Waals surface area contributed by atoms with Crippen LogP contribution in [0.25, 0.3) is 0 Å². The molecule has 21 heavy (non-hydrogen) atoms. The van der Waals surface area contributed by atoms with Gasteiger partial charge in [-0.25, -0.2) is 13.1 Å². The molecule has 0 aliphatic heterocycles. The number of aromatic nitrogens is 2. The van der Waals surface area contributed by atoms with Crippen LogP contribution in [0.1, 0.15) is 44.6 Å². The van der Waals surface area contributed by atoms with Gasteiger partial charge in [-0.3, -0.25) is 5.10 Å². The molecule has 1 heterocycles. The molecular weight excluding hydrogens is 288 g/mol. The van der Waals surface area contributed by atoms with Crippen molar-refractivity contribution in [2.24, 2.45) is 11.8 Å². The Balaban J connectivity index is 1.85. The van der Waals surface area contributed by atoms with E-state index in [0.29, 0.717) is 24.6 Å². The molecule has 3 N–H and O–H groups in total. The van der Waals surface area contributed by atoms with Gasteiger partial charge in [0.15, 0.2) is 5.03 Å². The third kappa shape index (κ3) is 4.52. The predicted molar refractivity (Wildman–Crippen MR) is 82.3 cm³/mol. The smallest absolute Gasteiger partial charge is 0.257 e. The maximum Gasteiger partial charge on any atom is 0.257 e. The minimum absolute atomic E-state index is 0.175. The van der Waals surface area contributed by atoms with E-state index in [1.165, 1.54) is 25.7 Å². The van der Waals surface area contributed by atoms with E-state index < -0.39 is 10.0 Å². The molecule has 0 aromatic carbocycles. The monoisotopic (exact) mass is 314 g/mol. The average Bonchev–Trinajstić information content (AvgIpc) is 2.90. The van der Waals surface area contributed by atoms with Crippen LogP contribution in [0.3, 0.4) is 0 Å². The minimum Gasteiger partial charge on any atom is -0.316 e. The van der Waals surface area contributed by atoms with Gasteiger partial charge in [-0.2, -0.15) is 5.10 Å². The predicted octanol–water partition coefficient (Wildman–Crippen LogP) is 1.62. The van der Waals surface area contributed by atoms with Crippen molar-refractivity contribution in [3.63, 3.8) is 0 Å². The summed E-state index contributed by atoms with van der Waals surface area (Å²) in [5.41, 5.74) is 0.663. The molecule has 1 fully saturated rings. The zero-order valence-corrected chi connectivity index (χ0v) is 13.7. The van der Waals surface area contributed by atoms with Crippen LogP contribution >= 0.6 is 0 Å². The van der Waals surface area contributed by atoms with Crippen LogP contribution in [-0.4, -0.2) is 32.2 Å². The molecule has 1 aliphatic carbocycles. The highest BCUT2D eigenvalue weighted by Gasteiger charge is 2.22. The van der Waals surface area contributed by atoms with E-state index in [2.05, 4.69) is 27.2 Å². The zero-order valence-electron chi connectivity index (χ0n) is 12.9. The largest absolute Gasteiger partial charge is 0.316 e. The normalized spacial score (nSPS) is 23.3. The second-order valence-electron chi connectivity index (χ2n) is 6.07. The van der Waals surface area contributed by atoms with Gasteiger partial charge >= 0.3 is 0 Å². The first-order valence-electron chi connectivity index (χ1n) is 7.69. The van der Waals surface area contributed by atoms with Crippen molar-refractivity contribution < 1.29 is 8.42 Å². The van der Waals surface area contributed by atoms with Crippen molar-refractivity contribution in [1.82, 2.24) is 20.2 Å². The SMILES string of the molecule is CNCc1cn[nH]c1S(=O)(=O)NCCC1CCC(C)CC1. The first-order chi connectivity index (χ1) is 10.0. The lowest BCUT2D eigenvalue weighted by Gasteiger charge is -2.26. The number of hydrogen-bond donors (Lipinski definition) is 3. The number of nitrogens with zero attached hydrogens (tertiary/aromatic N) is 1. The Kier molecular flexibility index (Phi) is 5.78. The summed E-state index contributed by atoms with van der Waals surface area (Å²) in [5.74, 6) is 1.48. The highest BCUT2D eigenvalue weighted by Crippen LogP contribution is 2.30. The molecule has 1 aromatic rings. The molecule has 0 unspecified atom stereocenters. The van der Waals surface area contributed by atoms with Crippen molar-refractivity contribution in [3.8, 4) is 0 Å². The summed E-state index contributed by atoms with van der Waals surface area (Å²) in [6, 6.07) is 0. The lowest BCUT2D eigenvalue weighted by molar-refractivity contribution is 0.278. The highest BCUT2D eigenvalue weighted by molar-refractivity contribution is 7.89. The molecule has 6 nitrogen and oxygen atoms in total. The van der Waals surface area contributed by atoms with Gasteiger partial charge < -0.3 is 5.32 Å². The fourth-order valence-corrected chi connectivity index (χ4v) is 4.11. The number of sulfonamides is 1. The molecule has 0 atom stereocenters. The van der Waals surface area contributed by atoms with Gasteiger partial charge in [0.2, 0.25) is 0 Å². The summed E-state index contributed by atoms with van der Waals surface area (Å²) >= 11 is 0. The molecule has 0 bridgehead atoms. The molecule has 0 saturated heterocycles. The number of hydrogen-bond acceptors (Lipinski definition) is 4. The lowest BCUT2D eigenvalue weighted by atomic mass is 9.81. The number of nitrogens with one attached hydrogen (secondary N) is 3. The van der Waals surface area contributed by atoms with E-state index in [0.717, 1.165) is 12.3 Å². The minimum atomic E-state index is -3.49. The van der Waals surface area contributed by atoms with Crippen LogP contribution in [0.4, 0.5) is 0 Å². The van der Waals surface area contributed by atoms with E-state index in [1.807, 2.05) is 0 Å². The summed E-state index contributed by atoms with van der Waals surface area (Å²) in [4.78, 5) is 0. The van der Waals surface area contributed by atoms with Crippen LogP contribution < -0.4 is 10.0 Å². The molecule has 0 radical (unpaired) electrons. The van der Waals surface area contributed by atoms with Crippen molar-refractivity contribution in [2.75, 3.05) is 13.6 Å². The average molecular weight is 314 g/mol. The van der Waals surface area contributed by atoms with Gasteiger partial charge in [0, 0.05) is 18.7 Å². The van der Waals surface area contributed by atoms with Crippen molar-refractivity contribution in [3.05, 3.63) is 11.8 Å². The van der Waals surface area contributed by atoms with Gasteiger partial charge in [0.05, 0.1) is 6.20 Å². The van der Waals surface area contributed by atoms with Crippen LogP contribution in [0.15, 0.2) is 11.2 Å². The first kappa shape index (κ1) is 16.5. The quantitative estimate of drug-likeness (QED) is 0.714. The van der Waals surface area contributed by atoms with Crippen LogP contribution in [0.5, 0.6) is 0 Å². The molecule has 2 rings (SSSR count). The Morgan fingerprint density at radius 1 is 1.33 bits per heavy atom. The third-order valence-electron chi connectivity index (χ3n) is 4.29. The molecule has 120 valence electrons. The maximum atomic E-state index is 12.3. The summed E-state index contributed by atoms with van der Waals surface area (Å²) < 4.78 is 27.2. The van der Waals surface area contributed by atoms with Crippen LogP contribution in [-0.2, 0) is 16.6 Å². The van der Waals surface area contributed by atoms with Gasteiger partial charge in [-0.15, -0.1) is 0 Å². The van der Waals surface area contributed by atoms with E-state index >= 15 is 0 Å². The number of rotatable bonds is 7. The maximum absolute atomic E-state index is 12.3. The third-order valence-corrected chi connectivity index (χ3v) is 5.77. The van der Waals surface area contributed by atoms with Crippen molar-refractivity contribution in [2.45, 2.75) is 50.6 Å². The van der Waals surface area contributed by atoms with E-state index in [1.54, 1.807) is 13.2 Å². The van der Waals surface area contributed by atoms with E-state index in [4.69, 9.17) is 0 Å². The van der Waals surface area contributed by atoms with Crippen LogP contribution in [0, 0.1) is 11.8 Å². The summed E-state index contributed by atoms with van der Waals surface area (Å²) in [7, 11) is -1.71.